The molecule has 4 N–H and O–H groups in total. The highest BCUT2D eigenvalue weighted by Crippen LogP contribution is 2.29. The minimum absolute atomic E-state index is 0.0537. The summed E-state index contributed by atoms with van der Waals surface area (Å²) in [6.45, 7) is 3.17. The Hall–Kier alpha value is -3.92. The fraction of sp³-hybridized carbons (Fsp3) is 0.407. The Morgan fingerprint density at radius 3 is 2.24 bits per heavy atom. The van der Waals surface area contributed by atoms with E-state index < -0.39 is 0 Å². The van der Waals surface area contributed by atoms with Crippen molar-refractivity contribution in [3.63, 3.8) is 0 Å². The van der Waals surface area contributed by atoms with Crippen LogP contribution in [-0.4, -0.2) is 63.4 Å². The van der Waals surface area contributed by atoms with E-state index in [0.717, 1.165) is 31.5 Å². The van der Waals surface area contributed by atoms with Crippen LogP contribution in [0.2, 0.25) is 0 Å². The van der Waals surface area contributed by atoms with E-state index in [1.54, 1.807) is 18.2 Å². The third-order valence-electron chi connectivity index (χ3n) is 6.73. The van der Waals surface area contributed by atoms with Crippen molar-refractivity contribution in [1.29, 1.82) is 0 Å². The summed E-state index contributed by atoms with van der Waals surface area (Å²) in [6, 6.07) is 14.4. The zero-order valence-corrected chi connectivity index (χ0v) is 20.8. The zero-order valence-electron chi connectivity index (χ0n) is 20.8. The molecule has 0 unspecified atom stereocenters. The van der Waals surface area contributed by atoms with Gasteiger partial charge in [-0.1, -0.05) is 30.3 Å². The molecule has 10 heteroatoms. The number of rotatable bonds is 7. The maximum atomic E-state index is 12.4. The van der Waals surface area contributed by atoms with E-state index in [1.807, 2.05) is 30.3 Å². The lowest BCUT2D eigenvalue weighted by Gasteiger charge is -2.31. The van der Waals surface area contributed by atoms with Gasteiger partial charge in [0.25, 0.3) is 0 Å². The van der Waals surface area contributed by atoms with Gasteiger partial charge in [-0.2, -0.15) is 15.0 Å². The summed E-state index contributed by atoms with van der Waals surface area (Å²) in [5.41, 5.74) is 1.83. The van der Waals surface area contributed by atoms with E-state index in [9.17, 15) is 15.0 Å². The van der Waals surface area contributed by atoms with Crippen LogP contribution in [-0.2, 0) is 11.2 Å². The predicted molar refractivity (Wildman–Crippen MR) is 144 cm³/mol. The van der Waals surface area contributed by atoms with Gasteiger partial charge in [-0.05, 0) is 49.8 Å². The van der Waals surface area contributed by atoms with Gasteiger partial charge in [-0.25, -0.2) is 0 Å². The highest BCUT2D eigenvalue weighted by atomic mass is 16.3. The van der Waals surface area contributed by atoms with Gasteiger partial charge >= 0.3 is 0 Å². The number of amides is 1. The Balaban J connectivity index is 1.32. The predicted octanol–water partition coefficient (Wildman–Crippen LogP) is 3.45. The molecule has 5 rings (SSSR count). The first-order valence-electron chi connectivity index (χ1n) is 12.9. The van der Waals surface area contributed by atoms with E-state index in [2.05, 4.69) is 30.4 Å². The molecule has 1 aromatic heterocycles. The molecule has 3 aromatic rings. The van der Waals surface area contributed by atoms with Gasteiger partial charge in [-0.3, -0.25) is 4.79 Å². The van der Waals surface area contributed by atoms with Gasteiger partial charge in [-0.15, -0.1) is 0 Å². The van der Waals surface area contributed by atoms with Crippen LogP contribution >= 0.6 is 0 Å². The van der Waals surface area contributed by atoms with Crippen LogP contribution in [0.15, 0.2) is 48.5 Å². The van der Waals surface area contributed by atoms with Gasteiger partial charge in [0, 0.05) is 37.9 Å². The number of aliphatic hydroxyl groups is 1. The maximum absolute atomic E-state index is 12.4. The fourth-order valence-electron chi connectivity index (χ4n) is 4.67. The summed E-state index contributed by atoms with van der Waals surface area (Å²) in [7, 11) is 0. The van der Waals surface area contributed by atoms with Gasteiger partial charge in [0.15, 0.2) is 0 Å². The van der Waals surface area contributed by atoms with Crippen LogP contribution in [0.3, 0.4) is 0 Å². The number of phenols is 1. The first-order chi connectivity index (χ1) is 18.0. The van der Waals surface area contributed by atoms with Crippen LogP contribution in [0.4, 0.5) is 29.2 Å². The SMILES string of the molecule is O=C(Cc1ccccc1)Nc1ccc(Nc2nc(N3CCCCC3)nc(N3CCC(O)CC3)n2)cc1O. The van der Waals surface area contributed by atoms with Crippen molar-refractivity contribution in [2.75, 3.05) is 46.6 Å². The Morgan fingerprint density at radius 1 is 0.892 bits per heavy atom. The maximum Gasteiger partial charge on any atom is 0.233 e. The molecule has 194 valence electrons. The lowest BCUT2D eigenvalue weighted by Crippen LogP contribution is -2.38. The van der Waals surface area contributed by atoms with Gasteiger partial charge in [0.2, 0.25) is 23.8 Å². The third-order valence-corrected chi connectivity index (χ3v) is 6.73. The molecule has 2 aliphatic heterocycles. The molecule has 0 bridgehead atoms. The van der Waals surface area contributed by atoms with Crippen molar-refractivity contribution in [2.45, 2.75) is 44.6 Å². The molecule has 2 aliphatic rings. The molecule has 0 aliphatic carbocycles. The number of nitrogens with one attached hydrogen (secondary N) is 2. The Kier molecular flexibility index (Phi) is 7.65. The van der Waals surface area contributed by atoms with Crippen LogP contribution < -0.4 is 20.4 Å². The highest BCUT2D eigenvalue weighted by molar-refractivity contribution is 5.94. The zero-order chi connectivity index (χ0) is 25.6. The molecule has 2 saturated heterocycles. The minimum atomic E-state index is -0.285. The summed E-state index contributed by atoms with van der Waals surface area (Å²) >= 11 is 0. The lowest BCUT2D eigenvalue weighted by molar-refractivity contribution is -0.115. The van der Waals surface area contributed by atoms with Crippen molar-refractivity contribution in [3.8, 4) is 5.75 Å². The van der Waals surface area contributed by atoms with E-state index in [-0.39, 0.29) is 24.2 Å². The summed E-state index contributed by atoms with van der Waals surface area (Å²) in [6.07, 6.45) is 4.71. The average molecular weight is 504 g/mol. The second kappa shape index (κ2) is 11.4. The van der Waals surface area contributed by atoms with Crippen molar-refractivity contribution in [3.05, 3.63) is 54.1 Å². The average Bonchev–Trinajstić information content (AvgIpc) is 2.91. The summed E-state index contributed by atoms with van der Waals surface area (Å²) < 4.78 is 0. The summed E-state index contributed by atoms with van der Waals surface area (Å²) in [5, 5.41) is 26.4. The number of carbonyl (C=O) groups excluding carboxylic acids is 1. The number of phenolic OH excluding ortho intramolecular Hbond substituents is 1. The number of hydrogen-bond acceptors (Lipinski definition) is 9. The molecule has 0 radical (unpaired) electrons. The van der Waals surface area contributed by atoms with E-state index >= 15 is 0 Å². The number of aliphatic hydroxyl groups excluding tert-OH is 1. The van der Waals surface area contributed by atoms with Gasteiger partial charge in [0.1, 0.15) is 5.75 Å². The smallest absolute Gasteiger partial charge is 0.233 e. The number of aromatic nitrogens is 3. The molecule has 2 aromatic carbocycles. The highest BCUT2D eigenvalue weighted by Gasteiger charge is 2.23. The van der Waals surface area contributed by atoms with E-state index in [1.165, 1.54) is 6.42 Å². The van der Waals surface area contributed by atoms with Crippen molar-refractivity contribution >= 4 is 35.1 Å². The molecule has 0 spiro atoms. The molecule has 1 amide bonds. The Bertz CT molecular complexity index is 1210. The lowest BCUT2D eigenvalue weighted by atomic mass is 10.1. The molecule has 3 heterocycles. The number of hydrogen-bond donors (Lipinski definition) is 4. The van der Waals surface area contributed by atoms with Crippen molar-refractivity contribution in [1.82, 2.24) is 15.0 Å². The molecule has 10 nitrogen and oxygen atoms in total. The van der Waals surface area contributed by atoms with Crippen molar-refractivity contribution < 1.29 is 15.0 Å². The molecule has 0 saturated carbocycles. The monoisotopic (exact) mass is 503 g/mol. The second-order valence-corrected chi connectivity index (χ2v) is 9.59. The fourth-order valence-corrected chi connectivity index (χ4v) is 4.67. The first kappa shape index (κ1) is 24.8. The minimum Gasteiger partial charge on any atom is -0.506 e. The normalized spacial score (nSPS) is 16.5. The van der Waals surface area contributed by atoms with Crippen LogP contribution in [0.1, 0.15) is 37.7 Å². The Morgan fingerprint density at radius 2 is 1.57 bits per heavy atom. The van der Waals surface area contributed by atoms with Gasteiger partial charge < -0.3 is 30.6 Å². The van der Waals surface area contributed by atoms with Crippen LogP contribution in [0, 0.1) is 0 Å². The number of aromatic hydroxyl groups is 1. The number of anilines is 5. The quantitative estimate of drug-likeness (QED) is 0.359. The second-order valence-electron chi connectivity index (χ2n) is 9.59. The van der Waals surface area contributed by atoms with Crippen LogP contribution in [0.25, 0.3) is 0 Å². The third kappa shape index (κ3) is 6.45. The first-order valence-corrected chi connectivity index (χ1v) is 12.9. The van der Waals surface area contributed by atoms with Crippen LogP contribution in [0.5, 0.6) is 5.75 Å². The van der Waals surface area contributed by atoms with Gasteiger partial charge in [0.05, 0.1) is 18.2 Å². The van der Waals surface area contributed by atoms with E-state index in [4.69, 9.17) is 4.98 Å². The molecule has 37 heavy (non-hydrogen) atoms. The van der Waals surface area contributed by atoms with E-state index in [0.29, 0.717) is 55.2 Å². The summed E-state index contributed by atoms with van der Waals surface area (Å²) in [4.78, 5) is 30.8. The molecule has 0 atom stereocenters. The largest absolute Gasteiger partial charge is 0.506 e. The topological polar surface area (TPSA) is 127 Å². The molecular weight excluding hydrogens is 470 g/mol. The molecule has 2 fully saturated rings. The number of benzene rings is 2. The number of carbonyl (C=O) groups is 1. The summed E-state index contributed by atoms with van der Waals surface area (Å²) in [5.74, 6) is 1.34. The molecular formula is C27H33N7O3. The number of piperidine rings is 2. The van der Waals surface area contributed by atoms with Crippen molar-refractivity contribution in [2.24, 2.45) is 0 Å². The Labute approximate surface area is 216 Å². The number of nitrogens with zero attached hydrogens (tertiary/aromatic N) is 5. The standard InChI is InChI=1S/C27H33N7O3/c35-21-11-15-34(16-12-21)27-31-25(30-26(32-27)33-13-5-2-6-14-33)28-20-9-10-22(23(36)18-20)29-24(37)17-19-7-3-1-4-8-19/h1,3-4,7-10,18,21,35-36H,2,5-6,11-17H2,(H,29,37)(H,28,30,31,32).